The molecule has 0 radical (unpaired) electrons. The Kier molecular flexibility index (Phi) is 5.30. The van der Waals surface area contributed by atoms with Crippen molar-refractivity contribution in [3.63, 3.8) is 0 Å². The van der Waals surface area contributed by atoms with Crippen molar-refractivity contribution < 1.29 is 14.6 Å². The molecule has 3 rings (SSSR count). The van der Waals surface area contributed by atoms with E-state index >= 15 is 0 Å². The maximum atomic E-state index is 11.4. The highest BCUT2D eigenvalue weighted by Crippen LogP contribution is 2.36. The zero-order valence-corrected chi connectivity index (χ0v) is 15.3. The van der Waals surface area contributed by atoms with Gasteiger partial charge in [0.25, 0.3) is 0 Å². The Balaban J connectivity index is 1.80. The van der Waals surface area contributed by atoms with E-state index in [2.05, 4.69) is 4.90 Å². The first-order valence-corrected chi connectivity index (χ1v) is 8.91. The number of nitrogens with zero attached hydrogens (tertiary/aromatic N) is 1. The largest absolute Gasteiger partial charge is 0.497 e. The van der Waals surface area contributed by atoms with Crippen LogP contribution in [-0.4, -0.2) is 35.6 Å². The Morgan fingerprint density at radius 1 is 1.31 bits per heavy atom. The fourth-order valence-electron chi connectivity index (χ4n) is 3.83. The molecule has 1 amide bonds. The van der Waals surface area contributed by atoms with E-state index in [1.165, 1.54) is 0 Å². The van der Waals surface area contributed by atoms with E-state index in [0.29, 0.717) is 12.1 Å². The standard InChI is InChI=1S/C21H26N2O3/c1-21(25,17-8-10-18(26-2)11-9-17)19-7-4-12-23(19)14-15-5-3-6-16(13-15)20(22)24/h3,5-6,8-11,13,19,25H,4,7,12,14H2,1-2H3,(H2,22,24)/t19-,21+/m0/s1. The van der Waals surface area contributed by atoms with Crippen molar-refractivity contribution in [2.24, 2.45) is 5.73 Å². The first-order chi connectivity index (χ1) is 12.4. The van der Waals surface area contributed by atoms with Crippen LogP contribution in [0.4, 0.5) is 0 Å². The van der Waals surface area contributed by atoms with Crippen LogP contribution in [0.1, 0.15) is 41.3 Å². The minimum Gasteiger partial charge on any atom is -0.497 e. The lowest BCUT2D eigenvalue weighted by Gasteiger charge is -2.37. The molecule has 1 aliphatic heterocycles. The fraction of sp³-hybridized carbons (Fsp3) is 0.381. The van der Waals surface area contributed by atoms with Crippen LogP contribution >= 0.6 is 0 Å². The third-order valence-corrected chi connectivity index (χ3v) is 5.28. The predicted molar refractivity (Wildman–Crippen MR) is 101 cm³/mol. The van der Waals surface area contributed by atoms with Crippen LogP contribution in [0.15, 0.2) is 48.5 Å². The molecule has 5 nitrogen and oxygen atoms in total. The average molecular weight is 354 g/mol. The van der Waals surface area contributed by atoms with E-state index in [9.17, 15) is 9.90 Å². The van der Waals surface area contributed by atoms with E-state index in [1.54, 1.807) is 13.2 Å². The maximum absolute atomic E-state index is 11.4. The highest BCUT2D eigenvalue weighted by atomic mass is 16.5. The first kappa shape index (κ1) is 18.4. The first-order valence-electron chi connectivity index (χ1n) is 8.91. The van der Waals surface area contributed by atoms with Crippen molar-refractivity contribution >= 4 is 5.91 Å². The van der Waals surface area contributed by atoms with Crippen LogP contribution in [0.3, 0.4) is 0 Å². The van der Waals surface area contributed by atoms with E-state index in [4.69, 9.17) is 10.5 Å². The number of hydrogen-bond donors (Lipinski definition) is 2. The third-order valence-electron chi connectivity index (χ3n) is 5.28. The molecule has 0 saturated carbocycles. The lowest BCUT2D eigenvalue weighted by Crippen LogP contribution is -2.45. The van der Waals surface area contributed by atoms with Gasteiger partial charge in [0.05, 0.1) is 7.11 Å². The Morgan fingerprint density at radius 3 is 2.69 bits per heavy atom. The van der Waals surface area contributed by atoms with Gasteiger partial charge in [0, 0.05) is 18.2 Å². The molecule has 0 bridgehead atoms. The van der Waals surface area contributed by atoms with Gasteiger partial charge in [-0.1, -0.05) is 24.3 Å². The summed E-state index contributed by atoms with van der Waals surface area (Å²) in [5.41, 5.74) is 6.83. The molecule has 2 atom stereocenters. The molecule has 1 heterocycles. The summed E-state index contributed by atoms with van der Waals surface area (Å²) < 4.78 is 5.21. The second kappa shape index (κ2) is 7.48. The second-order valence-electron chi connectivity index (χ2n) is 7.07. The number of carbonyl (C=O) groups excluding carboxylic acids is 1. The molecule has 0 aromatic heterocycles. The lowest BCUT2D eigenvalue weighted by atomic mass is 9.86. The summed E-state index contributed by atoms with van der Waals surface area (Å²) >= 11 is 0. The highest BCUT2D eigenvalue weighted by molar-refractivity contribution is 5.92. The van der Waals surface area contributed by atoms with Crippen molar-refractivity contribution in [2.45, 2.75) is 38.0 Å². The normalized spacial score (nSPS) is 19.9. The summed E-state index contributed by atoms with van der Waals surface area (Å²) in [4.78, 5) is 13.7. The van der Waals surface area contributed by atoms with Gasteiger partial charge in [-0.2, -0.15) is 0 Å². The molecule has 26 heavy (non-hydrogen) atoms. The molecule has 0 unspecified atom stereocenters. The molecule has 2 aromatic rings. The summed E-state index contributed by atoms with van der Waals surface area (Å²) in [6.45, 7) is 3.47. The summed E-state index contributed by atoms with van der Waals surface area (Å²) in [5, 5.41) is 11.3. The van der Waals surface area contributed by atoms with E-state index in [0.717, 1.165) is 36.3 Å². The quantitative estimate of drug-likeness (QED) is 0.836. The Morgan fingerprint density at radius 2 is 2.04 bits per heavy atom. The molecule has 2 aromatic carbocycles. The van der Waals surface area contributed by atoms with Gasteiger partial charge in [-0.15, -0.1) is 0 Å². The van der Waals surface area contributed by atoms with Crippen molar-refractivity contribution in [1.29, 1.82) is 0 Å². The summed E-state index contributed by atoms with van der Waals surface area (Å²) in [6, 6.07) is 15.0. The monoisotopic (exact) mass is 354 g/mol. The Hall–Kier alpha value is -2.37. The predicted octanol–water partition coefficient (Wildman–Crippen LogP) is 2.67. The molecular formula is C21H26N2O3. The van der Waals surface area contributed by atoms with Gasteiger partial charge in [-0.3, -0.25) is 9.69 Å². The number of primary amides is 1. The van der Waals surface area contributed by atoms with Gasteiger partial charge >= 0.3 is 0 Å². The van der Waals surface area contributed by atoms with Gasteiger partial charge < -0.3 is 15.6 Å². The van der Waals surface area contributed by atoms with Gasteiger partial charge in [0.2, 0.25) is 5.91 Å². The van der Waals surface area contributed by atoms with Gasteiger partial charge in [0.15, 0.2) is 0 Å². The number of aliphatic hydroxyl groups is 1. The number of methoxy groups -OCH3 is 1. The minimum atomic E-state index is -0.968. The number of nitrogens with two attached hydrogens (primary N) is 1. The van der Waals surface area contributed by atoms with Gasteiger partial charge in [-0.25, -0.2) is 0 Å². The zero-order chi connectivity index (χ0) is 18.7. The smallest absolute Gasteiger partial charge is 0.248 e. The number of hydrogen-bond acceptors (Lipinski definition) is 4. The average Bonchev–Trinajstić information content (AvgIpc) is 3.11. The number of carbonyl (C=O) groups is 1. The number of ether oxygens (including phenoxy) is 1. The summed E-state index contributed by atoms with van der Waals surface area (Å²) in [7, 11) is 1.63. The lowest BCUT2D eigenvalue weighted by molar-refractivity contribution is -0.0254. The van der Waals surface area contributed by atoms with Crippen LogP contribution in [-0.2, 0) is 12.1 Å². The van der Waals surface area contributed by atoms with Crippen molar-refractivity contribution in [3.05, 3.63) is 65.2 Å². The summed E-state index contributed by atoms with van der Waals surface area (Å²) in [5.74, 6) is 0.353. The van der Waals surface area contributed by atoms with E-state index in [1.807, 2.05) is 49.4 Å². The molecule has 3 N–H and O–H groups in total. The topological polar surface area (TPSA) is 75.8 Å². The number of amides is 1. The van der Waals surface area contributed by atoms with Crippen LogP contribution in [0, 0.1) is 0 Å². The second-order valence-corrected chi connectivity index (χ2v) is 7.07. The molecule has 1 aliphatic rings. The zero-order valence-electron chi connectivity index (χ0n) is 15.3. The molecule has 138 valence electrons. The molecule has 0 aliphatic carbocycles. The Labute approximate surface area is 154 Å². The third kappa shape index (κ3) is 3.74. The Bertz CT molecular complexity index is 771. The van der Waals surface area contributed by atoms with Crippen molar-refractivity contribution in [3.8, 4) is 5.75 Å². The van der Waals surface area contributed by atoms with Crippen LogP contribution < -0.4 is 10.5 Å². The number of benzene rings is 2. The summed E-state index contributed by atoms with van der Waals surface area (Å²) in [6.07, 6.45) is 1.96. The van der Waals surface area contributed by atoms with Crippen LogP contribution in [0.25, 0.3) is 0 Å². The number of likely N-dealkylation sites (tertiary alicyclic amines) is 1. The van der Waals surface area contributed by atoms with Crippen LogP contribution in [0.5, 0.6) is 5.75 Å². The maximum Gasteiger partial charge on any atom is 0.248 e. The molecule has 1 saturated heterocycles. The van der Waals surface area contributed by atoms with Gasteiger partial charge in [0.1, 0.15) is 11.4 Å². The van der Waals surface area contributed by atoms with Gasteiger partial charge in [-0.05, 0) is 61.7 Å². The SMILES string of the molecule is COc1ccc([C@@](C)(O)[C@@H]2CCCN2Cc2cccc(C(N)=O)c2)cc1. The van der Waals surface area contributed by atoms with E-state index < -0.39 is 11.5 Å². The fourth-order valence-corrected chi connectivity index (χ4v) is 3.83. The molecular weight excluding hydrogens is 328 g/mol. The van der Waals surface area contributed by atoms with Crippen molar-refractivity contribution in [2.75, 3.05) is 13.7 Å². The number of rotatable bonds is 6. The molecule has 1 fully saturated rings. The van der Waals surface area contributed by atoms with Crippen LogP contribution in [0.2, 0.25) is 0 Å². The molecule has 0 spiro atoms. The van der Waals surface area contributed by atoms with Crippen molar-refractivity contribution in [1.82, 2.24) is 4.90 Å². The molecule has 5 heteroatoms. The minimum absolute atomic E-state index is 0.00753. The highest BCUT2D eigenvalue weighted by Gasteiger charge is 2.40. The van der Waals surface area contributed by atoms with E-state index in [-0.39, 0.29) is 6.04 Å².